The molecule has 3 nitrogen and oxygen atoms in total. The molecule has 1 aromatic rings. The molecule has 0 N–H and O–H groups in total. The Morgan fingerprint density at radius 3 is 2.15 bits per heavy atom. The number of esters is 1. The Morgan fingerprint density at radius 1 is 1.04 bits per heavy atom. The van der Waals surface area contributed by atoms with Crippen molar-refractivity contribution in [1.82, 2.24) is 0 Å². The van der Waals surface area contributed by atoms with Gasteiger partial charge in [0.2, 0.25) is 0 Å². The zero-order valence-electron chi connectivity index (χ0n) is 17.7. The topological polar surface area (TPSA) is 50.1 Å². The molecule has 2 atom stereocenters. The Bertz CT molecular complexity index is 572. The third-order valence-electron chi connectivity index (χ3n) is 5.47. The average molecular weight is 372 g/mol. The van der Waals surface area contributed by atoms with Gasteiger partial charge in [0, 0.05) is 13.3 Å². The molecule has 0 aliphatic carbocycles. The zero-order chi connectivity index (χ0) is 20.1. The molecule has 27 heavy (non-hydrogen) atoms. The van der Waals surface area contributed by atoms with E-state index in [9.17, 15) is 10.1 Å². The molecular weight excluding hydrogens is 334 g/mol. The molecule has 1 unspecified atom stereocenters. The highest BCUT2D eigenvalue weighted by atomic mass is 16.5. The van der Waals surface area contributed by atoms with E-state index in [1.165, 1.54) is 6.92 Å². The van der Waals surface area contributed by atoms with Gasteiger partial charge in [-0.3, -0.25) is 4.79 Å². The van der Waals surface area contributed by atoms with Gasteiger partial charge in [-0.15, -0.1) is 0 Å². The van der Waals surface area contributed by atoms with Crippen LogP contribution in [0.5, 0.6) is 0 Å². The summed E-state index contributed by atoms with van der Waals surface area (Å²) < 4.78 is 5.69. The number of ether oxygens (including phenoxy) is 1. The van der Waals surface area contributed by atoms with Crippen LogP contribution in [0.3, 0.4) is 0 Å². The van der Waals surface area contributed by atoms with Crippen LogP contribution in [-0.4, -0.2) is 12.1 Å². The van der Waals surface area contributed by atoms with Crippen LogP contribution in [0.4, 0.5) is 0 Å². The summed E-state index contributed by atoms with van der Waals surface area (Å²) in [6, 6.07) is 12.8. The molecule has 0 aliphatic rings. The molecule has 0 radical (unpaired) electrons. The van der Waals surface area contributed by atoms with Gasteiger partial charge in [-0.05, 0) is 37.2 Å². The molecule has 1 rings (SSSR count). The minimum absolute atomic E-state index is 0.204. The molecule has 0 aliphatic heterocycles. The first-order valence-corrected chi connectivity index (χ1v) is 10.7. The van der Waals surface area contributed by atoms with E-state index < -0.39 is 5.41 Å². The van der Waals surface area contributed by atoms with Crippen LogP contribution in [0.15, 0.2) is 30.3 Å². The monoisotopic (exact) mass is 371 g/mol. The zero-order valence-corrected chi connectivity index (χ0v) is 17.7. The Morgan fingerprint density at radius 2 is 1.67 bits per heavy atom. The number of carbonyl (C=O) groups is 1. The highest BCUT2D eigenvalue weighted by Crippen LogP contribution is 2.42. The molecule has 0 heterocycles. The van der Waals surface area contributed by atoms with E-state index in [4.69, 9.17) is 4.74 Å². The Kier molecular flexibility index (Phi) is 10.8. The maximum atomic E-state index is 11.7. The molecule has 0 aromatic heterocycles. The minimum Gasteiger partial charge on any atom is -0.462 e. The lowest BCUT2D eigenvalue weighted by atomic mass is 9.64. The van der Waals surface area contributed by atoms with E-state index in [2.05, 4.69) is 39.0 Å². The van der Waals surface area contributed by atoms with Crippen LogP contribution >= 0.6 is 0 Å². The molecule has 0 fully saturated rings. The highest BCUT2D eigenvalue weighted by molar-refractivity contribution is 5.66. The predicted molar refractivity (Wildman–Crippen MR) is 111 cm³/mol. The molecule has 3 heteroatoms. The lowest BCUT2D eigenvalue weighted by Crippen LogP contribution is -2.39. The largest absolute Gasteiger partial charge is 0.462 e. The summed E-state index contributed by atoms with van der Waals surface area (Å²) >= 11 is 0. The first-order chi connectivity index (χ1) is 13.0. The standard InChI is InChI=1S/C24H37NO2/c1-5-8-10-17-23(27-20(4)26)18-24(19-25,21(13-6-2)14-7-3)22-15-11-9-12-16-22/h9,11-12,15-16,21,23H,5-8,10,13-14,17-18H2,1-4H3/t23-,24?/m1/s1. The molecule has 0 spiro atoms. The first-order valence-electron chi connectivity index (χ1n) is 10.7. The number of unbranched alkanes of at least 4 members (excludes halogenated alkanes) is 2. The highest BCUT2D eigenvalue weighted by Gasteiger charge is 2.42. The number of hydrogen-bond donors (Lipinski definition) is 0. The van der Waals surface area contributed by atoms with Gasteiger partial charge >= 0.3 is 5.97 Å². The van der Waals surface area contributed by atoms with Crippen molar-refractivity contribution in [3.63, 3.8) is 0 Å². The van der Waals surface area contributed by atoms with Crippen LogP contribution in [0.1, 0.15) is 91.0 Å². The molecular formula is C24H37NO2. The summed E-state index contributed by atoms with van der Waals surface area (Å²) in [5.74, 6) is 0.0167. The summed E-state index contributed by atoms with van der Waals surface area (Å²) in [6.45, 7) is 8.00. The number of nitriles is 1. The number of carbonyl (C=O) groups excluding carboxylic acids is 1. The fraction of sp³-hybridized carbons (Fsp3) is 0.667. The van der Waals surface area contributed by atoms with Gasteiger partial charge in [-0.1, -0.05) is 76.8 Å². The fourth-order valence-corrected chi connectivity index (χ4v) is 4.21. The van der Waals surface area contributed by atoms with Crippen LogP contribution in [0.2, 0.25) is 0 Å². The molecule has 0 amide bonds. The van der Waals surface area contributed by atoms with Crippen LogP contribution < -0.4 is 0 Å². The molecule has 0 bridgehead atoms. The van der Waals surface area contributed by atoms with E-state index in [-0.39, 0.29) is 18.0 Å². The van der Waals surface area contributed by atoms with Crippen LogP contribution in [0, 0.1) is 17.2 Å². The van der Waals surface area contributed by atoms with Crippen molar-refractivity contribution in [3.05, 3.63) is 35.9 Å². The first kappa shape index (κ1) is 23.2. The quantitative estimate of drug-likeness (QED) is 0.291. The predicted octanol–water partition coefficient (Wildman–Crippen LogP) is 6.57. The Balaban J connectivity index is 3.27. The van der Waals surface area contributed by atoms with Crippen LogP contribution in [0.25, 0.3) is 0 Å². The number of benzene rings is 1. The molecule has 150 valence electrons. The van der Waals surface area contributed by atoms with Crippen molar-refractivity contribution in [3.8, 4) is 6.07 Å². The maximum absolute atomic E-state index is 11.7. The van der Waals surface area contributed by atoms with E-state index >= 15 is 0 Å². The van der Waals surface area contributed by atoms with Crippen LogP contribution in [-0.2, 0) is 14.9 Å². The second-order valence-corrected chi connectivity index (χ2v) is 7.65. The van der Waals surface area contributed by atoms with E-state index in [1.54, 1.807) is 0 Å². The van der Waals surface area contributed by atoms with E-state index in [1.807, 2.05) is 18.2 Å². The van der Waals surface area contributed by atoms with Crippen molar-refractivity contribution in [2.75, 3.05) is 0 Å². The summed E-state index contributed by atoms with van der Waals surface area (Å²) in [4.78, 5) is 11.7. The lowest BCUT2D eigenvalue weighted by Gasteiger charge is -2.38. The van der Waals surface area contributed by atoms with Gasteiger partial charge in [0.15, 0.2) is 0 Å². The van der Waals surface area contributed by atoms with Gasteiger partial charge in [0.25, 0.3) is 0 Å². The summed E-state index contributed by atoms with van der Waals surface area (Å²) in [5, 5.41) is 10.4. The Hall–Kier alpha value is -1.82. The summed E-state index contributed by atoms with van der Waals surface area (Å²) in [5.41, 5.74) is 0.451. The number of hydrogen-bond acceptors (Lipinski definition) is 3. The number of rotatable bonds is 13. The second kappa shape index (κ2) is 12.5. The summed E-state index contributed by atoms with van der Waals surface area (Å²) in [6.07, 6.45) is 8.61. The van der Waals surface area contributed by atoms with Gasteiger partial charge in [-0.2, -0.15) is 5.26 Å². The number of nitrogens with zero attached hydrogens (tertiary/aromatic N) is 1. The minimum atomic E-state index is -0.611. The molecule has 0 saturated carbocycles. The smallest absolute Gasteiger partial charge is 0.302 e. The van der Waals surface area contributed by atoms with E-state index in [0.29, 0.717) is 6.42 Å². The van der Waals surface area contributed by atoms with Gasteiger partial charge in [0.05, 0.1) is 11.5 Å². The summed E-state index contributed by atoms with van der Waals surface area (Å²) in [7, 11) is 0. The lowest BCUT2D eigenvalue weighted by molar-refractivity contribution is -0.147. The van der Waals surface area contributed by atoms with Gasteiger partial charge in [0.1, 0.15) is 6.10 Å². The second-order valence-electron chi connectivity index (χ2n) is 7.65. The third kappa shape index (κ3) is 7.01. The van der Waals surface area contributed by atoms with Gasteiger partial charge < -0.3 is 4.74 Å². The van der Waals surface area contributed by atoms with E-state index in [0.717, 1.165) is 56.9 Å². The average Bonchev–Trinajstić information content (AvgIpc) is 2.66. The van der Waals surface area contributed by atoms with Crippen molar-refractivity contribution >= 4 is 5.97 Å². The Labute approximate surface area is 166 Å². The SMILES string of the molecule is CCCCC[C@H](CC(C#N)(c1ccccc1)C(CCC)CCC)OC(C)=O. The molecule has 0 saturated heterocycles. The maximum Gasteiger partial charge on any atom is 0.302 e. The third-order valence-corrected chi connectivity index (χ3v) is 5.47. The van der Waals surface area contributed by atoms with Crippen molar-refractivity contribution < 1.29 is 9.53 Å². The van der Waals surface area contributed by atoms with Crippen molar-refractivity contribution in [2.45, 2.75) is 97.0 Å². The molecule has 1 aromatic carbocycles. The van der Waals surface area contributed by atoms with Crippen molar-refractivity contribution in [2.24, 2.45) is 5.92 Å². The van der Waals surface area contributed by atoms with Crippen molar-refractivity contribution in [1.29, 1.82) is 5.26 Å². The fourth-order valence-electron chi connectivity index (χ4n) is 4.21. The normalized spacial score (nSPS) is 14.4. The van der Waals surface area contributed by atoms with Gasteiger partial charge in [-0.25, -0.2) is 0 Å².